The Kier molecular flexibility index (Phi) is 6.51. The minimum Gasteiger partial charge on any atom is -0.395 e. The van der Waals surface area contributed by atoms with Crippen molar-refractivity contribution >= 4 is 12.0 Å². The van der Waals surface area contributed by atoms with Crippen LogP contribution in [-0.4, -0.2) is 66.8 Å². The number of halogens is 1. The maximum Gasteiger partial charge on any atom is 0.245 e. The smallest absolute Gasteiger partial charge is 0.245 e. The van der Waals surface area contributed by atoms with Crippen molar-refractivity contribution in [2.75, 3.05) is 46.0 Å². The minimum absolute atomic E-state index is 0.165. The molecular formula is C16H22FN3O2. The summed E-state index contributed by atoms with van der Waals surface area (Å²) >= 11 is 0. The number of carbonyl (C=O) groups is 1. The number of nitrogens with zero attached hydrogens (tertiary/aromatic N) is 2. The number of carbonyl (C=O) groups excluding carboxylic acids is 1. The van der Waals surface area contributed by atoms with Crippen LogP contribution in [0.5, 0.6) is 0 Å². The molecule has 2 rings (SSSR count). The molecule has 0 atom stereocenters. The van der Waals surface area contributed by atoms with Crippen molar-refractivity contribution in [3.05, 3.63) is 41.7 Å². The summed E-state index contributed by atoms with van der Waals surface area (Å²) in [6.45, 7) is 4.97. The van der Waals surface area contributed by atoms with Crippen LogP contribution >= 0.6 is 0 Å². The molecule has 1 aliphatic rings. The molecule has 2 N–H and O–H groups in total. The van der Waals surface area contributed by atoms with Crippen molar-refractivity contribution in [2.24, 2.45) is 0 Å². The predicted molar refractivity (Wildman–Crippen MR) is 83.5 cm³/mol. The molecule has 1 amide bonds. The van der Waals surface area contributed by atoms with Crippen LogP contribution < -0.4 is 5.32 Å². The van der Waals surface area contributed by atoms with Gasteiger partial charge in [-0.25, -0.2) is 4.39 Å². The summed E-state index contributed by atoms with van der Waals surface area (Å²) in [5, 5.41) is 11.7. The van der Waals surface area contributed by atoms with Crippen molar-refractivity contribution in [1.29, 1.82) is 0 Å². The first kappa shape index (κ1) is 16.6. The van der Waals surface area contributed by atoms with Gasteiger partial charge in [0.1, 0.15) is 5.82 Å². The van der Waals surface area contributed by atoms with Crippen LogP contribution in [0.1, 0.15) is 5.56 Å². The van der Waals surface area contributed by atoms with Crippen LogP contribution in [0.25, 0.3) is 6.08 Å². The van der Waals surface area contributed by atoms with Crippen LogP contribution in [0.4, 0.5) is 4.39 Å². The van der Waals surface area contributed by atoms with E-state index in [9.17, 15) is 9.18 Å². The Labute approximate surface area is 130 Å². The lowest BCUT2D eigenvalue weighted by molar-refractivity contribution is -0.117. The van der Waals surface area contributed by atoms with Crippen molar-refractivity contribution in [3.63, 3.8) is 0 Å². The van der Waals surface area contributed by atoms with Gasteiger partial charge in [0.15, 0.2) is 0 Å². The average Bonchev–Trinajstić information content (AvgIpc) is 2.54. The highest BCUT2D eigenvalue weighted by molar-refractivity contribution is 5.91. The lowest BCUT2D eigenvalue weighted by Crippen LogP contribution is -2.50. The van der Waals surface area contributed by atoms with Crippen molar-refractivity contribution < 1.29 is 14.3 Å². The summed E-state index contributed by atoms with van der Waals surface area (Å²) in [5.74, 6) is -0.455. The first-order valence-corrected chi connectivity index (χ1v) is 7.44. The molecule has 1 aromatic carbocycles. The van der Waals surface area contributed by atoms with Gasteiger partial charge >= 0.3 is 0 Å². The van der Waals surface area contributed by atoms with Crippen LogP contribution in [0, 0.1) is 5.82 Å². The Morgan fingerprint density at radius 1 is 1.18 bits per heavy atom. The largest absolute Gasteiger partial charge is 0.395 e. The second-order valence-corrected chi connectivity index (χ2v) is 5.27. The predicted octanol–water partition coefficient (Wildman–Crippen LogP) is 0.522. The molecule has 0 aromatic heterocycles. The van der Waals surface area contributed by atoms with E-state index in [2.05, 4.69) is 15.1 Å². The molecule has 1 heterocycles. The molecule has 0 saturated carbocycles. The first-order valence-electron chi connectivity index (χ1n) is 7.44. The SMILES string of the molecule is O=C(/C=C/c1ccc(F)cc1)NCN1CCN(CCO)CC1. The lowest BCUT2D eigenvalue weighted by atomic mass is 10.2. The summed E-state index contributed by atoms with van der Waals surface area (Å²) in [6.07, 6.45) is 3.11. The number of rotatable bonds is 6. The van der Waals surface area contributed by atoms with E-state index in [1.807, 2.05) is 0 Å². The fraction of sp³-hybridized carbons (Fsp3) is 0.438. The van der Waals surface area contributed by atoms with E-state index in [1.54, 1.807) is 18.2 Å². The number of nitrogens with one attached hydrogen (secondary N) is 1. The minimum atomic E-state index is -0.290. The highest BCUT2D eigenvalue weighted by Crippen LogP contribution is 2.04. The molecule has 0 spiro atoms. The molecule has 1 aromatic rings. The Morgan fingerprint density at radius 3 is 2.45 bits per heavy atom. The molecule has 1 fully saturated rings. The van der Waals surface area contributed by atoms with Crippen molar-refractivity contribution in [1.82, 2.24) is 15.1 Å². The van der Waals surface area contributed by atoms with Gasteiger partial charge in [0.2, 0.25) is 5.91 Å². The molecule has 22 heavy (non-hydrogen) atoms. The quantitative estimate of drug-likeness (QED) is 0.753. The maximum atomic E-state index is 12.8. The summed E-state index contributed by atoms with van der Waals surface area (Å²) in [5.41, 5.74) is 0.786. The standard InChI is InChI=1S/C16H22FN3O2/c17-15-4-1-14(2-5-15)3-6-16(22)18-13-20-9-7-19(8-10-20)11-12-21/h1-6,21H,7-13H2,(H,18,22)/b6-3+. The molecule has 0 radical (unpaired) electrons. The maximum absolute atomic E-state index is 12.8. The van der Waals surface area contributed by atoms with E-state index in [-0.39, 0.29) is 18.3 Å². The summed E-state index contributed by atoms with van der Waals surface area (Å²) < 4.78 is 12.8. The lowest BCUT2D eigenvalue weighted by Gasteiger charge is -2.34. The van der Waals surface area contributed by atoms with Gasteiger partial charge in [-0.1, -0.05) is 12.1 Å². The molecular weight excluding hydrogens is 285 g/mol. The Morgan fingerprint density at radius 2 is 1.82 bits per heavy atom. The van der Waals surface area contributed by atoms with Gasteiger partial charge in [0, 0.05) is 38.8 Å². The van der Waals surface area contributed by atoms with Crippen LogP contribution in [0.15, 0.2) is 30.3 Å². The molecule has 120 valence electrons. The number of aliphatic hydroxyl groups excluding tert-OH is 1. The second-order valence-electron chi connectivity index (χ2n) is 5.27. The van der Waals surface area contributed by atoms with Gasteiger partial charge in [-0.2, -0.15) is 0 Å². The molecule has 0 unspecified atom stereocenters. The number of hydrogen-bond donors (Lipinski definition) is 2. The molecule has 0 aliphatic carbocycles. The molecule has 1 aliphatic heterocycles. The van der Waals surface area contributed by atoms with E-state index in [0.717, 1.165) is 31.7 Å². The van der Waals surface area contributed by atoms with E-state index in [4.69, 9.17) is 5.11 Å². The fourth-order valence-electron chi connectivity index (χ4n) is 2.31. The van der Waals surface area contributed by atoms with Gasteiger partial charge in [0.25, 0.3) is 0 Å². The van der Waals surface area contributed by atoms with E-state index in [1.165, 1.54) is 18.2 Å². The zero-order valence-electron chi connectivity index (χ0n) is 12.5. The number of hydrogen-bond acceptors (Lipinski definition) is 4. The van der Waals surface area contributed by atoms with E-state index >= 15 is 0 Å². The van der Waals surface area contributed by atoms with Gasteiger partial charge in [-0.3, -0.25) is 14.6 Å². The molecule has 0 bridgehead atoms. The van der Waals surface area contributed by atoms with Crippen LogP contribution in [0.2, 0.25) is 0 Å². The van der Waals surface area contributed by atoms with Gasteiger partial charge in [-0.15, -0.1) is 0 Å². The van der Waals surface area contributed by atoms with Crippen LogP contribution in [-0.2, 0) is 4.79 Å². The number of benzene rings is 1. The Bertz CT molecular complexity index is 497. The summed E-state index contributed by atoms with van der Waals surface area (Å²) in [4.78, 5) is 16.1. The topological polar surface area (TPSA) is 55.8 Å². The Balaban J connectivity index is 1.69. The molecule has 1 saturated heterocycles. The van der Waals surface area contributed by atoms with Gasteiger partial charge in [-0.05, 0) is 23.8 Å². The number of amides is 1. The Hall–Kier alpha value is -1.76. The summed E-state index contributed by atoms with van der Waals surface area (Å²) in [7, 11) is 0. The van der Waals surface area contributed by atoms with Crippen LogP contribution in [0.3, 0.4) is 0 Å². The third-order valence-corrected chi connectivity index (χ3v) is 3.66. The third kappa shape index (κ3) is 5.55. The second kappa shape index (κ2) is 8.63. The van der Waals surface area contributed by atoms with E-state index in [0.29, 0.717) is 13.2 Å². The average molecular weight is 307 g/mol. The van der Waals surface area contributed by atoms with Gasteiger partial charge < -0.3 is 10.4 Å². The van der Waals surface area contributed by atoms with Crippen molar-refractivity contribution in [3.8, 4) is 0 Å². The summed E-state index contributed by atoms with van der Waals surface area (Å²) in [6, 6.07) is 5.98. The monoisotopic (exact) mass is 307 g/mol. The first-order chi connectivity index (χ1) is 10.7. The fourth-order valence-corrected chi connectivity index (χ4v) is 2.31. The number of piperazine rings is 1. The number of β-amino-alcohol motifs (C(OH)–C–C–N with tert-alkyl or cyclic N) is 1. The van der Waals surface area contributed by atoms with E-state index < -0.39 is 0 Å². The molecule has 5 nitrogen and oxygen atoms in total. The third-order valence-electron chi connectivity index (χ3n) is 3.66. The number of aliphatic hydroxyl groups is 1. The van der Waals surface area contributed by atoms with Crippen molar-refractivity contribution in [2.45, 2.75) is 0 Å². The normalized spacial score (nSPS) is 17.0. The van der Waals surface area contributed by atoms with Gasteiger partial charge in [0.05, 0.1) is 13.3 Å². The zero-order valence-corrected chi connectivity index (χ0v) is 12.5. The highest BCUT2D eigenvalue weighted by atomic mass is 19.1. The zero-order chi connectivity index (χ0) is 15.8. The molecule has 6 heteroatoms. The highest BCUT2D eigenvalue weighted by Gasteiger charge is 2.15.